The predicted octanol–water partition coefficient (Wildman–Crippen LogP) is 3.22. The Morgan fingerprint density at radius 2 is 2.05 bits per heavy atom. The van der Waals surface area contributed by atoms with E-state index in [-0.39, 0.29) is 5.56 Å². The number of fused-ring (bicyclic) bond motifs is 1. The first-order valence-electron chi connectivity index (χ1n) is 6.45. The lowest BCUT2D eigenvalue weighted by molar-refractivity contribution is 0.412. The van der Waals surface area contributed by atoms with Gasteiger partial charge in [0.25, 0.3) is 5.56 Å². The molecule has 0 bridgehead atoms. The van der Waals surface area contributed by atoms with Crippen LogP contribution in [0, 0.1) is 0 Å². The van der Waals surface area contributed by atoms with Gasteiger partial charge in [-0.05, 0) is 45.8 Å². The lowest BCUT2D eigenvalue weighted by Crippen LogP contribution is -2.21. The Hall–Kier alpha value is -2.14. The summed E-state index contributed by atoms with van der Waals surface area (Å²) in [4.78, 5) is 16.7. The van der Waals surface area contributed by atoms with Gasteiger partial charge in [-0.1, -0.05) is 18.2 Å². The molecule has 106 valence electrons. The maximum absolute atomic E-state index is 12.4. The van der Waals surface area contributed by atoms with Gasteiger partial charge in [-0.15, -0.1) is 0 Å². The molecule has 0 fully saturated rings. The zero-order chi connectivity index (χ0) is 14.8. The summed E-state index contributed by atoms with van der Waals surface area (Å²) in [5.74, 6) is 0.766. The molecular weight excluding hydrogens is 332 g/mol. The van der Waals surface area contributed by atoms with E-state index in [9.17, 15) is 4.79 Å². The lowest BCUT2D eigenvalue weighted by Gasteiger charge is -2.09. The van der Waals surface area contributed by atoms with Crippen LogP contribution in [0.4, 0.5) is 0 Å². The molecule has 0 saturated heterocycles. The molecule has 3 aromatic rings. The molecule has 0 radical (unpaired) electrons. The van der Waals surface area contributed by atoms with Gasteiger partial charge in [0.2, 0.25) is 0 Å². The molecule has 0 aliphatic heterocycles. The standard InChI is InChI=1S/C16H13BrN2O2/c1-21-15-7-6-11(8-13(15)17)9-19-10-18-14-5-3-2-4-12(14)16(19)20/h2-8,10H,9H2,1H3. The summed E-state index contributed by atoms with van der Waals surface area (Å²) in [6.07, 6.45) is 1.59. The highest BCUT2D eigenvalue weighted by Crippen LogP contribution is 2.25. The van der Waals surface area contributed by atoms with Crippen molar-refractivity contribution in [1.82, 2.24) is 9.55 Å². The summed E-state index contributed by atoms with van der Waals surface area (Å²) in [6.45, 7) is 0.471. The van der Waals surface area contributed by atoms with Crippen molar-refractivity contribution in [3.63, 3.8) is 0 Å². The highest BCUT2D eigenvalue weighted by atomic mass is 79.9. The Balaban J connectivity index is 2.00. The normalized spacial score (nSPS) is 10.8. The summed E-state index contributed by atoms with van der Waals surface area (Å²) in [6, 6.07) is 13.1. The highest BCUT2D eigenvalue weighted by Gasteiger charge is 2.06. The third kappa shape index (κ3) is 2.69. The van der Waals surface area contributed by atoms with Crippen molar-refractivity contribution in [2.75, 3.05) is 7.11 Å². The van der Waals surface area contributed by atoms with Crippen molar-refractivity contribution in [1.29, 1.82) is 0 Å². The van der Waals surface area contributed by atoms with Crippen molar-refractivity contribution >= 4 is 26.8 Å². The van der Waals surface area contributed by atoms with Gasteiger partial charge in [0, 0.05) is 0 Å². The Kier molecular flexibility index (Phi) is 3.75. The fourth-order valence-electron chi connectivity index (χ4n) is 2.22. The van der Waals surface area contributed by atoms with Gasteiger partial charge in [-0.2, -0.15) is 0 Å². The average Bonchev–Trinajstić information content (AvgIpc) is 2.51. The van der Waals surface area contributed by atoms with Crippen molar-refractivity contribution in [3.05, 3.63) is 69.2 Å². The van der Waals surface area contributed by atoms with Crippen LogP contribution in [0.1, 0.15) is 5.56 Å². The first-order valence-corrected chi connectivity index (χ1v) is 7.25. The molecule has 0 spiro atoms. The molecule has 2 aromatic carbocycles. The minimum absolute atomic E-state index is 0.0347. The molecule has 0 aliphatic rings. The Labute approximate surface area is 130 Å². The number of nitrogens with zero attached hydrogens (tertiary/aromatic N) is 2. The zero-order valence-electron chi connectivity index (χ0n) is 11.4. The van der Waals surface area contributed by atoms with E-state index in [0.29, 0.717) is 11.9 Å². The molecule has 3 rings (SSSR count). The van der Waals surface area contributed by atoms with Crippen molar-refractivity contribution in [3.8, 4) is 5.75 Å². The number of ether oxygens (including phenoxy) is 1. The first kappa shape index (κ1) is 13.8. The van der Waals surface area contributed by atoms with Crippen LogP contribution in [0.5, 0.6) is 5.75 Å². The third-order valence-electron chi connectivity index (χ3n) is 3.30. The first-order chi connectivity index (χ1) is 10.2. The summed E-state index contributed by atoms with van der Waals surface area (Å²) >= 11 is 3.45. The minimum atomic E-state index is -0.0347. The van der Waals surface area contributed by atoms with Crippen molar-refractivity contribution < 1.29 is 4.74 Å². The number of halogens is 1. The summed E-state index contributed by atoms with van der Waals surface area (Å²) in [5.41, 5.74) is 1.68. The zero-order valence-corrected chi connectivity index (χ0v) is 13.0. The molecule has 0 atom stereocenters. The number of benzene rings is 2. The van der Waals surface area contributed by atoms with Crippen LogP contribution in [0.3, 0.4) is 0 Å². The van der Waals surface area contributed by atoms with E-state index >= 15 is 0 Å². The Bertz CT molecular complexity index is 858. The number of para-hydroxylation sites is 1. The monoisotopic (exact) mass is 344 g/mol. The van der Waals surface area contributed by atoms with E-state index in [1.807, 2.05) is 36.4 Å². The van der Waals surface area contributed by atoms with E-state index in [1.54, 1.807) is 24.1 Å². The highest BCUT2D eigenvalue weighted by molar-refractivity contribution is 9.10. The second kappa shape index (κ2) is 5.69. The van der Waals surface area contributed by atoms with Gasteiger partial charge < -0.3 is 4.74 Å². The number of hydrogen-bond acceptors (Lipinski definition) is 3. The van der Waals surface area contributed by atoms with Crippen LogP contribution in [0.15, 0.2) is 58.1 Å². The molecule has 5 heteroatoms. The Morgan fingerprint density at radius 3 is 2.81 bits per heavy atom. The molecule has 0 aliphatic carbocycles. The fraction of sp³-hybridized carbons (Fsp3) is 0.125. The quantitative estimate of drug-likeness (QED) is 0.732. The van der Waals surface area contributed by atoms with Crippen LogP contribution < -0.4 is 10.3 Å². The van der Waals surface area contributed by atoms with Crippen LogP contribution in [-0.4, -0.2) is 16.7 Å². The van der Waals surface area contributed by atoms with E-state index in [2.05, 4.69) is 20.9 Å². The van der Waals surface area contributed by atoms with Gasteiger partial charge >= 0.3 is 0 Å². The number of aromatic nitrogens is 2. The Morgan fingerprint density at radius 1 is 1.24 bits per heavy atom. The van der Waals surface area contributed by atoms with Crippen molar-refractivity contribution in [2.45, 2.75) is 6.54 Å². The SMILES string of the molecule is COc1ccc(Cn2cnc3ccccc3c2=O)cc1Br. The van der Waals surface area contributed by atoms with E-state index < -0.39 is 0 Å². The molecular formula is C16H13BrN2O2. The van der Waals surface area contributed by atoms with Crippen LogP contribution in [0.25, 0.3) is 10.9 Å². The second-order valence-electron chi connectivity index (χ2n) is 4.66. The topological polar surface area (TPSA) is 44.1 Å². The summed E-state index contributed by atoms with van der Waals surface area (Å²) in [5, 5.41) is 0.632. The lowest BCUT2D eigenvalue weighted by atomic mass is 10.2. The van der Waals surface area contributed by atoms with Crippen molar-refractivity contribution in [2.24, 2.45) is 0 Å². The van der Waals surface area contributed by atoms with E-state index in [4.69, 9.17) is 4.74 Å². The molecule has 0 saturated carbocycles. The second-order valence-corrected chi connectivity index (χ2v) is 5.52. The molecule has 0 N–H and O–H groups in total. The summed E-state index contributed by atoms with van der Waals surface area (Å²) < 4.78 is 7.68. The minimum Gasteiger partial charge on any atom is -0.496 e. The van der Waals surface area contributed by atoms with Gasteiger partial charge in [0.15, 0.2) is 0 Å². The fourth-order valence-corrected chi connectivity index (χ4v) is 2.81. The number of methoxy groups -OCH3 is 1. The van der Waals surface area contributed by atoms with Crippen LogP contribution >= 0.6 is 15.9 Å². The number of hydrogen-bond donors (Lipinski definition) is 0. The van der Waals surface area contributed by atoms with Gasteiger partial charge in [-0.25, -0.2) is 4.98 Å². The van der Waals surface area contributed by atoms with Crippen LogP contribution in [0.2, 0.25) is 0 Å². The van der Waals surface area contributed by atoms with Gasteiger partial charge in [0.1, 0.15) is 5.75 Å². The molecule has 0 amide bonds. The molecule has 21 heavy (non-hydrogen) atoms. The van der Waals surface area contributed by atoms with Gasteiger partial charge in [0.05, 0.1) is 35.4 Å². The average molecular weight is 345 g/mol. The predicted molar refractivity (Wildman–Crippen MR) is 85.8 cm³/mol. The summed E-state index contributed by atoms with van der Waals surface area (Å²) in [7, 11) is 1.62. The smallest absolute Gasteiger partial charge is 0.261 e. The van der Waals surface area contributed by atoms with Gasteiger partial charge in [-0.3, -0.25) is 9.36 Å². The maximum Gasteiger partial charge on any atom is 0.261 e. The molecule has 1 heterocycles. The van der Waals surface area contributed by atoms with E-state index in [1.165, 1.54) is 0 Å². The van der Waals surface area contributed by atoms with Crippen LogP contribution in [-0.2, 0) is 6.54 Å². The number of rotatable bonds is 3. The molecule has 4 nitrogen and oxygen atoms in total. The molecule has 1 aromatic heterocycles. The van der Waals surface area contributed by atoms with E-state index in [0.717, 1.165) is 21.3 Å². The largest absolute Gasteiger partial charge is 0.496 e. The third-order valence-corrected chi connectivity index (χ3v) is 3.92. The molecule has 0 unspecified atom stereocenters. The maximum atomic E-state index is 12.4.